The molecule has 0 radical (unpaired) electrons. The molecule has 0 bridgehead atoms. The molecule has 0 saturated heterocycles. The van der Waals surface area contributed by atoms with E-state index in [0.29, 0.717) is 33.7 Å². The fraction of sp³-hybridized carbons (Fsp3) is 0.227. The monoisotopic (exact) mass is 433 g/mol. The van der Waals surface area contributed by atoms with Gasteiger partial charge < -0.3 is 15.0 Å². The number of rotatable bonds is 5. The molecule has 1 aliphatic rings. The van der Waals surface area contributed by atoms with Gasteiger partial charge in [-0.2, -0.15) is 0 Å². The summed E-state index contributed by atoms with van der Waals surface area (Å²) >= 11 is 1.59. The normalized spacial score (nSPS) is 13.4. The number of thiazole rings is 1. The maximum absolute atomic E-state index is 12.3. The van der Waals surface area contributed by atoms with Crippen LogP contribution in [0.5, 0.6) is 0 Å². The van der Waals surface area contributed by atoms with Crippen molar-refractivity contribution in [2.45, 2.75) is 19.8 Å². The van der Waals surface area contributed by atoms with Gasteiger partial charge in [-0.15, -0.1) is 11.3 Å². The number of methoxy groups -OCH3 is 1. The van der Waals surface area contributed by atoms with E-state index in [-0.39, 0.29) is 11.8 Å². The lowest BCUT2D eigenvalue weighted by molar-refractivity contribution is -0.117. The van der Waals surface area contributed by atoms with Crippen molar-refractivity contribution in [1.82, 2.24) is 19.9 Å². The molecule has 4 aromatic heterocycles. The number of fused-ring (bicyclic) bond motifs is 1. The molecule has 8 nitrogen and oxygen atoms in total. The summed E-state index contributed by atoms with van der Waals surface area (Å²) < 4.78 is 4.90. The van der Waals surface area contributed by atoms with E-state index in [1.807, 2.05) is 30.5 Å². The summed E-state index contributed by atoms with van der Waals surface area (Å²) in [6.07, 6.45) is 4.92. The molecule has 4 heterocycles. The number of nitrogens with zero attached hydrogens (tertiary/aromatic N) is 3. The van der Waals surface area contributed by atoms with Gasteiger partial charge in [-0.05, 0) is 38.0 Å². The first-order chi connectivity index (χ1) is 15.0. The number of pyridine rings is 2. The second-order valence-electron chi connectivity index (χ2n) is 7.43. The zero-order valence-electron chi connectivity index (χ0n) is 16.9. The highest BCUT2D eigenvalue weighted by molar-refractivity contribution is 7.09. The van der Waals surface area contributed by atoms with E-state index in [9.17, 15) is 9.59 Å². The fourth-order valence-corrected chi connectivity index (χ4v) is 4.04. The minimum absolute atomic E-state index is 0.0338. The fourth-order valence-electron chi connectivity index (χ4n) is 3.42. The van der Waals surface area contributed by atoms with Crippen LogP contribution < -0.4 is 5.32 Å². The molecule has 9 heteroatoms. The second-order valence-corrected chi connectivity index (χ2v) is 8.49. The van der Waals surface area contributed by atoms with E-state index >= 15 is 0 Å². The van der Waals surface area contributed by atoms with E-state index in [0.717, 1.165) is 29.1 Å². The number of amides is 1. The third-order valence-electron chi connectivity index (χ3n) is 5.21. The molecule has 4 aromatic rings. The Morgan fingerprint density at radius 1 is 1.23 bits per heavy atom. The number of nitrogens with one attached hydrogen (secondary N) is 2. The van der Waals surface area contributed by atoms with Crippen LogP contribution in [0.25, 0.3) is 33.5 Å². The van der Waals surface area contributed by atoms with E-state index in [2.05, 4.69) is 25.3 Å². The molecule has 1 saturated carbocycles. The van der Waals surface area contributed by atoms with Crippen molar-refractivity contribution in [2.24, 2.45) is 5.92 Å². The highest BCUT2D eigenvalue weighted by Crippen LogP contribution is 2.34. The van der Waals surface area contributed by atoms with Crippen LogP contribution in [0, 0.1) is 12.8 Å². The number of anilines is 1. The highest BCUT2D eigenvalue weighted by atomic mass is 32.1. The second kappa shape index (κ2) is 7.59. The SMILES string of the molecule is COC(=O)c1cnc(NC(=O)C2CC2)c2[nH]c(-c3cc(-c4csc(C)n4)ccn3)cc12. The number of esters is 1. The molecule has 2 N–H and O–H groups in total. The van der Waals surface area contributed by atoms with E-state index < -0.39 is 5.97 Å². The van der Waals surface area contributed by atoms with Crippen molar-refractivity contribution < 1.29 is 14.3 Å². The smallest absolute Gasteiger partial charge is 0.340 e. The summed E-state index contributed by atoms with van der Waals surface area (Å²) in [7, 11) is 1.32. The van der Waals surface area contributed by atoms with Gasteiger partial charge in [-0.25, -0.2) is 14.8 Å². The van der Waals surface area contributed by atoms with Crippen molar-refractivity contribution in [2.75, 3.05) is 12.4 Å². The highest BCUT2D eigenvalue weighted by Gasteiger charge is 2.30. The van der Waals surface area contributed by atoms with Crippen LogP contribution in [0.3, 0.4) is 0 Å². The average molecular weight is 433 g/mol. The van der Waals surface area contributed by atoms with Gasteiger partial charge in [-0.1, -0.05) is 0 Å². The largest absolute Gasteiger partial charge is 0.465 e. The Kier molecular flexibility index (Phi) is 4.74. The maximum Gasteiger partial charge on any atom is 0.340 e. The molecule has 1 amide bonds. The van der Waals surface area contributed by atoms with Crippen LogP contribution in [-0.2, 0) is 9.53 Å². The molecular formula is C22H19N5O3S. The Balaban J connectivity index is 1.61. The van der Waals surface area contributed by atoms with Gasteiger partial charge in [0.1, 0.15) is 0 Å². The first-order valence-corrected chi connectivity index (χ1v) is 10.7. The summed E-state index contributed by atoms with van der Waals surface area (Å²) in [6, 6.07) is 5.67. The number of carbonyl (C=O) groups is 2. The number of carbonyl (C=O) groups excluding carboxylic acids is 2. The van der Waals surface area contributed by atoms with Gasteiger partial charge in [0.2, 0.25) is 5.91 Å². The minimum Gasteiger partial charge on any atom is -0.465 e. The van der Waals surface area contributed by atoms with Gasteiger partial charge in [0.25, 0.3) is 0 Å². The molecule has 0 spiro atoms. The number of H-pyrrole nitrogens is 1. The molecular weight excluding hydrogens is 414 g/mol. The number of aromatic nitrogens is 4. The van der Waals surface area contributed by atoms with Gasteiger partial charge in [-0.3, -0.25) is 9.78 Å². The minimum atomic E-state index is -0.497. The first-order valence-electron chi connectivity index (χ1n) is 9.83. The molecule has 1 fully saturated rings. The quantitative estimate of drug-likeness (QED) is 0.457. The average Bonchev–Trinajstić information content (AvgIpc) is 3.39. The third-order valence-corrected chi connectivity index (χ3v) is 5.99. The van der Waals surface area contributed by atoms with Crippen LogP contribution >= 0.6 is 11.3 Å². The number of hydrogen-bond donors (Lipinski definition) is 2. The first kappa shape index (κ1) is 19.4. The lowest BCUT2D eigenvalue weighted by Crippen LogP contribution is -2.15. The summed E-state index contributed by atoms with van der Waals surface area (Å²) in [5, 5.41) is 6.48. The lowest BCUT2D eigenvalue weighted by Gasteiger charge is -2.07. The molecule has 156 valence electrons. The van der Waals surface area contributed by atoms with Gasteiger partial charge >= 0.3 is 5.97 Å². The van der Waals surface area contributed by atoms with E-state index in [1.165, 1.54) is 13.3 Å². The number of aryl methyl sites for hydroxylation is 1. The summed E-state index contributed by atoms with van der Waals surface area (Å²) in [6.45, 7) is 1.97. The molecule has 0 aliphatic heterocycles. The Labute approximate surface area is 181 Å². The summed E-state index contributed by atoms with van der Waals surface area (Å²) in [5.41, 5.74) is 4.09. The van der Waals surface area contributed by atoms with Crippen molar-refractivity contribution in [1.29, 1.82) is 0 Å². The maximum atomic E-state index is 12.3. The lowest BCUT2D eigenvalue weighted by atomic mass is 10.1. The zero-order valence-corrected chi connectivity index (χ0v) is 17.7. The van der Waals surface area contributed by atoms with Crippen molar-refractivity contribution in [3.8, 4) is 22.6 Å². The number of aromatic amines is 1. The molecule has 0 aromatic carbocycles. The summed E-state index contributed by atoms with van der Waals surface area (Å²) in [4.78, 5) is 41.2. The third kappa shape index (κ3) is 3.68. The van der Waals surface area contributed by atoms with Crippen LogP contribution in [-0.4, -0.2) is 38.9 Å². The van der Waals surface area contributed by atoms with Crippen LogP contribution in [0.2, 0.25) is 0 Å². The number of ether oxygens (including phenoxy) is 1. The zero-order chi connectivity index (χ0) is 21.5. The van der Waals surface area contributed by atoms with Crippen molar-refractivity contribution in [3.05, 3.63) is 46.5 Å². The van der Waals surface area contributed by atoms with Crippen molar-refractivity contribution >= 4 is 39.9 Å². The molecule has 0 unspecified atom stereocenters. The summed E-state index contributed by atoms with van der Waals surface area (Å²) in [5.74, 6) is -0.138. The molecule has 5 rings (SSSR count). The van der Waals surface area contributed by atoms with Gasteiger partial charge in [0.15, 0.2) is 5.82 Å². The molecule has 31 heavy (non-hydrogen) atoms. The molecule has 0 atom stereocenters. The topological polar surface area (TPSA) is 110 Å². The van der Waals surface area contributed by atoms with Gasteiger partial charge in [0.05, 0.1) is 40.3 Å². The van der Waals surface area contributed by atoms with Crippen LogP contribution in [0.15, 0.2) is 36.0 Å². The van der Waals surface area contributed by atoms with E-state index in [4.69, 9.17) is 4.74 Å². The Morgan fingerprint density at radius 3 is 2.77 bits per heavy atom. The van der Waals surface area contributed by atoms with Crippen LogP contribution in [0.1, 0.15) is 28.2 Å². The van der Waals surface area contributed by atoms with Crippen LogP contribution in [0.4, 0.5) is 5.82 Å². The van der Waals surface area contributed by atoms with Gasteiger partial charge in [0, 0.05) is 34.6 Å². The Hall–Kier alpha value is -3.59. The predicted octanol–water partition coefficient (Wildman–Crippen LogP) is 4.19. The van der Waals surface area contributed by atoms with Crippen molar-refractivity contribution in [3.63, 3.8) is 0 Å². The Bertz CT molecular complexity index is 1320. The Morgan fingerprint density at radius 2 is 2.06 bits per heavy atom. The predicted molar refractivity (Wildman–Crippen MR) is 118 cm³/mol. The van der Waals surface area contributed by atoms with E-state index in [1.54, 1.807) is 17.5 Å². The number of hydrogen-bond acceptors (Lipinski definition) is 7. The molecule has 1 aliphatic carbocycles. The standard InChI is InChI=1S/C22H19N5O3S/c1-11-25-18(10-31-11)13-5-6-23-16(7-13)17-8-14-15(22(29)30-2)9-24-20(19(14)26-17)27-21(28)12-3-4-12/h5-10,12,26H,3-4H2,1-2H3,(H,24,27,28).